The molecule has 32 heavy (non-hydrogen) atoms. The SMILES string of the molecule is O=C1CC(c2ccccc2Br)c2c(cc(O)c3c(=O)cc(-c4ccc(O)c(O)c4)oc23)O1. The molecule has 1 aromatic heterocycles. The predicted octanol–water partition coefficient (Wildman–Crippen LogP) is 4.78. The summed E-state index contributed by atoms with van der Waals surface area (Å²) in [4.78, 5) is 25.3. The largest absolute Gasteiger partial charge is 0.507 e. The number of phenols is 3. The van der Waals surface area contributed by atoms with Gasteiger partial charge in [-0.25, -0.2) is 0 Å². The number of halogens is 1. The average molecular weight is 495 g/mol. The van der Waals surface area contributed by atoms with E-state index in [9.17, 15) is 24.9 Å². The number of rotatable bonds is 2. The molecule has 5 rings (SSSR count). The Labute approximate surface area is 189 Å². The summed E-state index contributed by atoms with van der Waals surface area (Å²) in [6.07, 6.45) is 0.0173. The molecule has 1 unspecified atom stereocenters. The third-order valence-corrected chi connectivity index (χ3v) is 6.19. The first-order valence-electron chi connectivity index (χ1n) is 9.64. The van der Waals surface area contributed by atoms with Crippen LogP contribution in [0, 0.1) is 0 Å². The van der Waals surface area contributed by atoms with Crippen LogP contribution in [0.1, 0.15) is 23.5 Å². The number of fused-ring (bicyclic) bond motifs is 3. The van der Waals surface area contributed by atoms with Gasteiger partial charge in [-0.2, -0.15) is 0 Å². The molecule has 0 amide bonds. The van der Waals surface area contributed by atoms with Crippen LogP contribution >= 0.6 is 15.9 Å². The van der Waals surface area contributed by atoms with Gasteiger partial charge in [0.05, 0.1) is 6.42 Å². The number of carbonyl (C=O) groups is 1. The standard InChI is InChI=1S/C24H15BrO7/c25-14-4-2-1-3-12(14)13-8-21(30)31-20-10-18(29)23-17(28)9-19(32-24(23)22(13)20)11-5-6-15(26)16(27)7-11/h1-7,9-10,13,26-27,29H,8H2. The normalized spacial score (nSPS) is 15.4. The highest BCUT2D eigenvalue weighted by Crippen LogP contribution is 2.47. The first-order valence-corrected chi connectivity index (χ1v) is 10.4. The maximum Gasteiger partial charge on any atom is 0.312 e. The zero-order valence-corrected chi connectivity index (χ0v) is 17.9. The van der Waals surface area contributed by atoms with Crippen LogP contribution in [-0.2, 0) is 4.79 Å². The molecule has 8 heteroatoms. The maximum absolute atomic E-state index is 13.0. The molecular weight excluding hydrogens is 480 g/mol. The highest BCUT2D eigenvalue weighted by Gasteiger charge is 2.34. The highest BCUT2D eigenvalue weighted by atomic mass is 79.9. The molecule has 2 heterocycles. The van der Waals surface area contributed by atoms with Crippen molar-refractivity contribution >= 4 is 32.9 Å². The summed E-state index contributed by atoms with van der Waals surface area (Å²) >= 11 is 3.52. The number of hydrogen-bond donors (Lipinski definition) is 3. The summed E-state index contributed by atoms with van der Waals surface area (Å²) in [6, 6.07) is 13.9. The number of aromatic hydroxyl groups is 3. The maximum atomic E-state index is 13.0. The first kappa shape index (κ1) is 20.1. The van der Waals surface area contributed by atoms with Crippen molar-refractivity contribution in [2.75, 3.05) is 0 Å². The van der Waals surface area contributed by atoms with Crippen molar-refractivity contribution in [1.82, 2.24) is 0 Å². The van der Waals surface area contributed by atoms with Crippen molar-refractivity contribution in [3.05, 3.63) is 80.4 Å². The number of carbonyl (C=O) groups excluding carboxylic acids is 1. The van der Waals surface area contributed by atoms with Gasteiger partial charge in [0.15, 0.2) is 16.9 Å². The fourth-order valence-electron chi connectivity index (χ4n) is 4.00. The molecule has 3 N–H and O–H groups in total. The Kier molecular flexibility index (Phi) is 4.67. The summed E-state index contributed by atoms with van der Waals surface area (Å²) in [5.74, 6) is -1.78. The lowest BCUT2D eigenvalue weighted by atomic mass is 9.85. The van der Waals surface area contributed by atoms with Gasteiger partial charge in [0.1, 0.15) is 28.2 Å². The quantitative estimate of drug-likeness (QED) is 0.208. The van der Waals surface area contributed by atoms with Gasteiger partial charge in [0.2, 0.25) is 0 Å². The van der Waals surface area contributed by atoms with E-state index in [0.717, 1.165) is 10.0 Å². The molecule has 1 aliphatic rings. The van der Waals surface area contributed by atoms with Crippen molar-refractivity contribution in [1.29, 1.82) is 0 Å². The average Bonchev–Trinajstić information content (AvgIpc) is 2.74. The van der Waals surface area contributed by atoms with E-state index in [1.165, 1.54) is 30.3 Å². The minimum atomic E-state index is -0.503. The van der Waals surface area contributed by atoms with Gasteiger partial charge in [-0.15, -0.1) is 0 Å². The van der Waals surface area contributed by atoms with Gasteiger partial charge < -0.3 is 24.5 Å². The van der Waals surface area contributed by atoms with Gasteiger partial charge in [0.25, 0.3) is 0 Å². The lowest BCUT2D eigenvalue weighted by molar-refractivity contribution is -0.135. The van der Waals surface area contributed by atoms with E-state index in [0.29, 0.717) is 11.1 Å². The minimum Gasteiger partial charge on any atom is -0.507 e. The topological polar surface area (TPSA) is 117 Å². The van der Waals surface area contributed by atoms with Gasteiger partial charge in [0, 0.05) is 33.7 Å². The molecule has 160 valence electrons. The Morgan fingerprint density at radius 1 is 0.906 bits per heavy atom. The van der Waals surface area contributed by atoms with Crippen molar-refractivity contribution in [2.45, 2.75) is 12.3 Å². The Balaban J connectivity index is 1.84. The summed E-state index contributed by atoms with van der Waals surface area (Å²) in [5, 5.41) is 29.9. The van der Waals surface area contributed by atoms with Crippen LogP contribution in [0.15, 0.2) is 68.3 Å². The summed E-state index contributed by atoms with van der Waals surface area (Å²) < 4.78 is 12.2. The third kappa shape index (κ3) is 3.20. The molecule has 7 nitrogen and oxygen atoms in total. The number of benzene rings is 3. The molecule has 4 aromatic rings. The molecule has 3 aromatic carbocycles. The third-order valence-electron chi connectivity index (χ3n) is 5.47. The molecule has 0 radical (unpaired) electrons. The summed E-state index contributed by atoms with van der Waals surface area (Å²) in [5.41, 5.74) is 1.20. The minimum absolute atomic E-state index is 0.0173. The van der Waals surface area contributed by atoms with Crippen LogP contribution in [0.3, 0.4) is 0 Å². The van der Waals surface area contributed by atoms with Crippen molar-refractivity contribution in [3.63, 3.8) is 0 Å². The fraction of sp³-hybridized carbons (Fsp3) is 0.0833. The van der Waals surface area contributed by atoms with E-state index in [-0.39, 0.29) is 46.1 Å². The second-order valence-corrected chi connectivity index (χ2v) is 8.30. The zero-order chi connectivity index (χ0) is 22.6. The van der Waals surface area contributed by atoms with E-state index in [2.05, 4.69) is 15.9 Å². The molecule has 0 saturated carbocycles. The van der Waals surface area contributed by atoms with Crippen LogP contribution in [0.2, 0.25) is 0 Å². The number of phenolic OH excluding ortho intramolecular Hbond substituents is 3. The number of hydrogen-bond acceptors (Lipinski definition) is 7. The Bertz CT molecular complexity index is 1470. The Hall–Kier alpha value is -3.78. The van der Waals surface area contributed by atoms with Gasteiger partial charge in [-0.1, -0.05) is 34.1 Å². The second kappa shape index (κ2) is 7.42. The highest BCUT2D eigenvalue weighted by molar-refractivity contribution is 9.10. The van der Waals surface area contributed by atoms with Crippen molar-refractivity contribution in [2.24, 2.45) is 0 Å². The van der Waals surface area contributed by atoms with Crippen LogP contribution < -0.4 is 10.2 Å². The molecule has 0 aliphatic carbocycles. The van der Waals surface area contributed by atoms with Gasteiger partial charge >= 0.3 is 5.97 Å². The fourth-order valence-corrected chi connectivity index (χ4v) is 4.56. The first-order chi connectivity index (χ1) is 15.3. The zero-order valence-electron chi connectivity index (χ0n) is 16.3. The van der Waals surface area contributed by atoms with Crippen LogP contribution in [0.5, 0.6) is 23.0 Å². The van der Waals surface area contributed by atoms with Gasteiger partial charge in [-0.05, 0) is 29.8 Å². The molecule has 0 bridgehead atoms. The Morgan fingerprint density at radius 2 is 1.69 bits per heavy atom. The van der Waals surface area contributed by atoms with E-state index in [1.54, 1.807) is 0 Å². The molecule has 1 aliphatic heterocycles. The molecular formula is C24H15BrO7. The summed E-state index contributed by atoms with van der Waals surface area (Å²) in [7, 11) is 0. The monoisotopic (exact) mass is 494 g/mol. The Morgan fingerprint density at radius 3 is 2.44 bits per heavy atom. The van der Waals surface area contributed by atoms with Crippen molar-refractivity contribution in [3.8, 4) is 34.3 Å². The molecule has 0 fully saturated rings. The predicted molar refractivity (Wildman–Crippen MR) is 119 cm³/mol. The molecule has 0 spiro atoms. The number of ether oxygens (including phenoxy) is 1. The smallest absolute Gasteiger partial charge is 0.312 e. The number of esters is 1. The second-order valence-electron chi connectivity index (χ2n) is 7.44. The van der Waals surface area contributed by atoms with Crippen LogP contribution in [0.4, 0.5) is 0 Å². The lowest BCUT2D eigenvalue weighted by Crippen LogP contribution is -2.22. The van der Waals surface area contributed by atoms with E-state index < -0.39 is 17.3 Å². The molecule has 0 saturated heterocycles. The van der Waals surface area contributed by atoms with Crippen molar-refractivity contribution < 1.29 is 29.3 Å². The lowest BCUT2D eigenvalue weighted by Gasteiger charge is -2.26. The van der Waals surface area contributed by atoms with E-state index >= 15 is 0 Å². The molecule has 1 atom stereocenters. The van der Waals surface area contributed by atoms with Crippen LogP contribution in [0.25, 0.3) is 22.3 Å². The van der Waals surface area contributed by atoms with E-state index in [1.807, 2.05) is 24.3 Å². The van der Waals surface area contributed by atoms with E-state index in [4.69, 9.17) is 9.15 Å². The van der Waals surface area contributed by atoms with Gasteiger partial charge in [-0.3, -0.25) is 9.59 Å². The summed E-state index contributed by atoms with van der Waals surface area (Å²) in [6.45, 7) is 0. The van der Waals surface area contributed by atoms with Crippen LogP contribution in [-0.4, -0.2) is 21.3 Å².